The second kappa shape index (κ2) is 3.96. The number of rotatable bonds is 3. The molecule has 0 aromatic heterocycles. The predicted molar refractivity (Wildman–Crippen MR) is 53.2 cm³/mol. The van der Waals surface area contributed by atoms with Crippen LogP contribution >= 0.6 is 0 Å². The van der Waals surface area contributed by atoms with Crippen molar-refractivity contribution >= 4 is 0 Å². The molecule has 1 aliphatic heterocycles. The summed E-state index contributed by atoms with van der Waals surface area (Å²) < 4.78 is 18.9. The van der Waals surface area contributed by atoms with Crippen LogP contribution in [0.1, 0.15) is 11.7 Å². The molecule has 14 heavy (non-hydrogen) atoms. The number of nitrogens with one attached hydrogen (secondary N) is 1. The summed E-state index contributed by atoms with van der Waals surface area (Å²) in [5.41, 5.74) is 0.718. The average Bonchev–Trinajstić information content (AvgIpc) is 2.15. The Hall–Kier alpha value is -1.09. The molecule has 1 N–H and O–H groups in total. The molecule has 1 aliphatic rings. The number of alkyl halides is 1. The van der Waals surface area contributed by atoms with Crippen molar-refractivity contribution in [3.05, 3.63) is 29.8 Å². The Labute approximate surface area is 83.1 Å². The van der Waals surface area contributed by atoms with E-state index in [4.69, 9.17) is 4.74 Å². The van der Waals surface area contributed by atoms with Gasteiger partial charge in [-0.05, 0) is 17.7 Å². The van der Waals surface area contributed by atoms with E-state index in [1.165, 1.54) is 0 Å². The van der Waals surface area contributed by atoms with Crippen molar-refractivity contribution in [1.82, 2.24) is 5.32 Å². The molecule has 0 spiro atoms. The van der Waals surface area contributed by atoms with Crippen LogP contribution in [0.5, 0.6) is 5.75 Å². The van der Waals surface area contributed by atoms with Crippen molar-refractivity contribution in [1.29, 1.82) is 0 Å². The molecule has 2 rings (SSSR count). The van der Waals surface area contributed by atoms with Crippen molar-refractivity contribution in [2.45, 2.75) is 6.17 Å². The Morgan fingerprint density at radius 1 is 1.50 bits per heavy atom. The number of halogens is 1. The molecule has 0 amide bonds. The van der Waals surface area contributed by atoms with E-state index in [2.05, 4.69) is 5.32 Å². The van der Waals surface area contributed by atoms with Gasteiger partial charge in [0.15, 0.2) is 0 Å². The molecule has 1 fully saturated rings. The zero-order chi connectivity index (χ0) is 9.97. The van der Waals surface area contributed by atoms with E-state index >= 15 is 0 Å². The third-order valence-electron chi connectivity index (χ3n) is 2.64. The lowest BCUT2D eigenvalue weighted by molar-refractivity contribution is 0.171. The molecule has 3 heteroatoms. The maximum Gasteiger partial charge on any atom is 0.130 e. The van der Waals surface area contributed by atoms with Crippen molar-refractivity contribution in [2.24, 2.45) is 5.92 Å². The number of methoxy groups -OCH3 is 1. The van der Waals surface area contributed by atoms with Crippen LogP contribution in [0.25, 0.3) is 0 Å². The first-order valence-corrected chi connectivity index (χ1v) is 4.80. The van der Waals surface area contributed by atoms with Crippen LogP contribution < -0.4 is 10.1 Å². The van der Waals surface area contributed by atoms with Gasteiger partial charge < -0.3 is 10.1 Å². The van der Waals surface area contributed by atoms with Crippen molar-refractivity contribution < 1.29 is 9.13 Å². The topological polar surface area (TPSA) is 21.3 Å². The minimum Gasteiger partial charge on any atom is -0.497 e. The fourth-order valence-corrected chi connectivity index (χ4v) is 1.60. The van der Waals surface area contributed by atoms with Gasteiger partial charge in [0.2, 0.25) is 0 Å². The summed E-state index contributed by atoms with van der Waals surface area (Å²) in [6, 6.07) is 7.23. The molecule has 1 aromatic carbocycles. The standard InChI is InChI=1S/C11H14FNO/c1-14-10-4-2-3-8(5-10)11(12)9-6-13-7-9/h2-5,9,11,13H,6-7H2,1H3. The van der Waals surface area contributed by atoms with Gasteiger partial charge in [0.1, 0.15) is 11.9 Å². The van der Waals surface area contributed by atoms with E-state index < -0.39 is 6.17 Å². The van der Waals surface area contributed by atoms with Crippen LogP contribution in [0.2, 0.25) is 0 Å². The van der Waals surface area contributed by atoms with Crippen LogP contribution in [0.3, 0.4) is 0 Å². The lowest BCUT2D eigenvalue weighted by atomic mass is 9.92. The second-order valence-electron chi connectivity index (χ2n) is 3.60. The zero-order valence-corrected chi connectivity index (χ0v) is 8.16. The number of benzene rings is 1. The van der Waals surface area contributed by atoms with E-state index in [1.54, 1.807) is 13.2 Å². The van der Waals surface area contributed by atoms with Crippen LogP contribution in [0, 0.1) is 5.92 Å². The molecule has 76 valence electrons. The minimum atomic E-state index is -0.869. The summed E-state index contributed by atoms with van der Waals surface area (Å²) in [4.78, 5) is 0. The molecule has 1 saturated heterocycles. The molecule has 1 aromatic rings. The van der Waals surface area contributed by atoms with E-state index in [1.807, 2.05) is 18.2 Å². The van der Waals surface area contributed by atoms with E-state index in [-0.39, 0.29) is 5.92 Å². The van der Waals surface area contributed by atoms with Gasteiger partial charge in [-0.25, -0.2) is 4.39 Å². The van der Waals surface area contributed by atoms with Gasteiger partial charge in [-0.1, -0.05) is 12.1 Å². The molecule has 1 unspecified atom stereocenters. The molecule has 1 atom stereocenters. The molecule has 0 saturated carbocycles. The Morgan fingerprint density at radius 2 is 2.29 bits per heavy atom. The largest absolute Gasteiger partial charge is 0.497 e. The second-order valence-corrected chi connectivity index (χ2v) is 3.60. The smallest absolute Gasteiger partial charge is 0.130 e. The monoisotopic (exact) mass is 195 g/mol. The molecule has 0 bridgehead atoms. The van der Waals surface area contributed by atoms with Crippen LogP contribution in [0.4, 0.5) is 4.39 Å². The lowest BCUT2D eigenvalue weighted by Gasteiger charge is -2.30. The number of hydrogen-bond acceptors (Lipinski definition) is 2. The van der Waals surface area contributed by atoms with Gasteiger partial charge in [-0.3, -0.25) is 0 Å². The molecule has 0 radical (unpaired) electrons. The Kier molecular flexibility index (Phi) is 2.68. The highest BCUT2D eigenvalue weighted by molar-refractivity contribution is 5.30. The first-order valence-electron chi connectivity index (χ1n) is 4.80. The fraction of sp³-hybridized carbons (Fsp3) is 0.455. The third-order valence-corrected chi connectivity index (χ3v) is 2.64. The highest BCUT2D eigenvalue weighted by Crippen LogP contribution is 2.30. The first kappa shape index (κ1) is 9.46. The van der Waals surface area contributed by atoms with Crippen molar-refractivity contribution in [3.63, 3.8) is 0 Å². The van der Waals surface area contributed by atoms with Crippen LogP contribution in [-0.4, -0.2) is 20.2 Å². The minimum absolute atomic E-state index is 0.127. The average molecular weight is 195 g/mol. The summed E-state index contributed by atoms with van der Waals surface area (Å²) >= 11 is 0. The highest BCUT2D eigenvalue weighted by atomic mass is 19.1. The van der Waals surface area contributed by atoms with Crippen molar-refractivity contribution in [2.75, 3.05) is 20.2 Å². The van der Waals surface area contributed by atoms with Gasteiger partial charge in [-0.15, -0.1) is 0 Å². The fourth-order valence-electron chi connectivity index (χ4n) is 1.60. The maximum absolute atomic E-state index is 13.8. The summed E-state index contributed by atoms with van der Waals surface area (Å²) in [6.07, 6.45) is -0.869. The van der Waals surface area contributed by atoms with Gasteiger partial charge in [0.05, 0.1) is 7.11 Å². The Morgan fingerprint density at radius 3 is 2.86 bits per heavy atom. The molecular formula is C11H14FNO. The van der Waals surface area contributed by atoms with E-state index in [9.17, 15) is 4.39 Å². The first-order chi connectivity index (χ1) is 6.81. The predicted octanol–water partition coefficient (Wildman–Crippen LogP) is 1.93. The van der Waals surface area contributed by atoms with E-state index in [0.29, 0.717) is 0 Å². The van der Waals surface area contributed by atoms with Gasteiger partial charge >= 0.3 is 0 Å². The SMILES string of the molecule is COc1cccc(C(F)C2CNC2)c1. The molecule has 2 nitrogen and oxygen atoms in total. The summed E-state index contributed by atoms with van der Waals surface area (Å²) in [7, 11) is 1.59. The number of ether oxygens (including phenoxy) is 1. The quantitative estimate of drug-likeness (QED) is 0.795. The normalized spacial score (nSPS) is 18.7. The third kappa shape index (κ3) is 1.73. The van der Waals surface area contributed by atoms with Gasteiger partial charge in [-0.2, -0.15) is 0 Å². The molecule has 0 aliphatic carbocycles. The highest BCUT2D eigenvalue weighted by Gasteiger charge is 2.28. The summed E-state index contributed by atoms with van der Waals surface area (Å²) in [5, 5.41) is 3.07. The van der Waals surface area contributed by atoms with Crippen LogP contribution in [-0.2, 0) is 0 Å². The van der Waals surface area contributed by atoms with Crippen LogP contribution in [0.15, 0.2) is 24.3 Å². The zero-order valence-electron chi connectivity index (χ0n) is 8.16. The lowest BCUT2D eigenvalue weighted by Crippen LogP contribution is -2.44. The van der Waals surface area contributed by atoms with Gasteiger partial charge in [0, 0.05) is 19.0 Å². The molecule has 1 heterocycles. The van der Waals surface area contributed by atoms with Gasteiger partial charge in [0.25, 0.3) is 0 Å². The number of hydrogen-bond donors (Lipinski definition) is 1. The summed E-state index contributed by atoms with van der Waals surface area (Å²) in [6.45, 7) is 1.55. The summed E-state index contributed by atoms with van der Waals surface area (Å²) in [5.74, 6) is 0.847. The Bertz CT molecular complexity index is 312. The Balaban J connectivity index is 2.13. The molecular weight excluding hydrogens is 181 g/mol. The van der Waals surface area contributed by atoms with Crippen molar-refractivity contribution in [3.8, 4) is 5.75 Å². The van der Waals surface area contributed by atoms with E-state index in [0.717, 1.165) is 24.4 Å². The maximum atomic E-state index is 13.8.